The Hall–Kier alpha value is -4.52. The van der Waals surface area contributed by atoms with Crippen LogP contribution < -0.4 is 33.2 Å². The summed E-state index contributed by atoms with van der Waals surface area (Å²) in [5.74, 6) is 5.60. The molecule has 7 nitrogen and oxygen atoms in total. The molecule has 0 saturated heterocycles. The van der Waals surface area contributed by atoms with E-state index in [1.54, 1.807) is 28.4 Å². The van der Waals surface area contributed by atoms with Gasteiger partial charge in [-0.05, 0) is 96.5 Å². The third-order valence-corrected chi connectivity index (χ3v) is 6.89. The van der Waals surface area contributed by atoms with Crippen LogP contribution >= 0.6 is 0 Å². The molecule has 0 spiro atoms. The monoisotopic (exact) mass is 542 g/mol. The molecule has 0 fully saturated rings. The zero-order valence-electron chi connectivity index (χ0n) is 23.3. The van der Waals surface area contributed by atoms with Crippen LogP contribution in [0.3, 0.4) is 0 Å². The molecule has 0 radical (unpaired) electrons. The highest BCUT2D eigenvalue weighted by atomic mass is 16.7. The lowest BCUT2D eigenvalue weighted by molar-refractivity contribution is 0.172. The van der Waals surface area contributed by atoms with Crippen LogP contribution in [0.2, 0.25) is 0 Å². The summed E-state index contributed by atoms with van der Waals surface area (Å²) in [5.41, 5.74) is 4.53. The molecule has 7 heteroatoms. The number of ether oxygens (including phenoxy) is 7. The predicted octanol–water partition coefficient (Wildman–Crippen LogP) is 6.81. The Morgan fingerprint density at radius 3 is 1.93 bits per heavy atom. The van der Waals surface area contributed by atoms with Crippen molar-refractivity contribution in [3.05, 3.63) is 95.1 Å². The van der Waals surface area contributed by atoms with Crippen LogP contribution in [0.5, 0.6) is 46.0 Å². The van der Waals surface area contributed by atoms with Crippen LogP contribution in [-0.2, 0) is 25.7 Å². The van der Waals surface area contributed by atoms with Crippen molar-refractivity contribution in [2.24, 2.45) is 0 Å². The SMILES string of the molecule is COc1cccc(CCc2cc(OC)cc(Oc3cc(CCc4ccc(OC)c(OC)c4)cc4c3OCO4)c2)c1. The molecule has 0 unspecified atom stereocenters. The smallest absolute Gasteiger partial charge is 0.231 e. The maximum absolute atomic E-state index is 6.41. The quantitative estimate of drug-likeness (QED) is 0.195. The topological polar surface area (TPSA) is 64.6 Å². The van der Waals surface area contributed by atoms with E-state index in [1.807, 2.05) is 54.6 Å². The maximum Gasteiger partial charge on any atom is 0.231 e. The highest BCUT2D eigenvalue weighted by molar-refractivity contribution is 5.57. The zero-order chi connectivity index (χ0) is 27.9. The first-order chi connectivity index (χ1) is 19.6. The van der Waals surface area contributed by atoms with Gasteiger partial charge in [0.05, 0.1) is 28.4 Å². The van der Waals surface area contributed by atoms with E-state index in [4.69, 9.17) is 33.2 Å². The Bertz CT molecular complexity index is 1460. The summed E-state index contributed by atoms with van der Waals surface area (Å²) in [7, 11) is 6.62. The Labute approximate surface area is 235 Å². The van der Waals surface area contributed by atoms with Gasteiger partial charge < -0.3 is 33.2 Å². The van der Waals surface area contributed by atoms with Gasteiger partial charge in [0, 0.05) is 6.07 Å². The van der Waals surface area contributed by atoms with Crippen molar-refractivity contribution >= 4 is 0 Å². The number of hydrogen-bond acceptors (Lipinski definition) is 7. The van der Waals surface area contributed by atoms with Gasteiger partial charge in [-0.1, -0.05) is 18.2 Å². The van der Waals surface area contributed by atoms with E-state index in [2.05, 4.69) is 18.2 Å². The van der Waals surface area contributed by atoms with Crippen molar-refractivity contribution in [1.29, 1.82) is 0 Å². The molecule has 1 aliphatic heterocycles. The number of rotatable bonds is 12. The molecule has 1 heterocycles. The van der Waals surface area contributed by atoms with Gasteiger partial charge in [0.15, 0.2) is 23.0 Å². The van der Waals surface area contributed by atoms with Gasteiger partial charge in [-0.2, -0.15) is 0 Å². The fourth-order valence-corrected chi connectivity index (χ4v) is 4.77. The summed E-state index contributed by atoms with van der Waals surface area (Å²) in [6, 6.07) is 24.1. The van der Waals surface area contributed by atoms with Crippen molar-refractivity contribution in [2.75, 3.05) is 35.2 Å². The van der Waals surface area contributed by atoms with Gasteiger partial charge in [0.25, 0.3) is 0 Å². The van der Waals surface area contributed by atoms with Crippen molar-refractivity contribution in [1.82, 2.24) is 0 Å². The summed E-state index contributed by atoms with van der Waals surface area (Å²) in [4.78, 5) is 0. The molecule has 5 rings (SSSR count). The van der Waals surface area contributed by atoms with Crippen LogP contribution in [0.15, 0.2) is 72.8 Å². The minimum absolute atomic E-state index is 0.161. The molecule has 4 aromatic carbocycles. The van der Waals surface area contributed by atoms with Gasteiger partial charge >= 0.3 is 0 Å². The first kappa shape index (κ1) is 27.1. The van der Waals surface area contributed by atoms with Crippen molar-refractivity contribution in [2.45, 2.75) is 25.7 Å². The second-order valence-electron chi connectivity index (χ2n) is 9.49. The fourth-order valence-electron chi connectivity index (χ4n) is 4.77. The van der Waals surface area contributed by atoms with Crippen molar-refractivity contribution in [3.63, 3.8) is 0 Å². The predicted molar refractivity (Wildman–Crippen MR) is 153 cm³/mol. The normalized spacial score (nSPS) is 11.7. The van der Waals surface area contributed by atoms with E-state index in [0.29, 0.717) is 28.7 Å². The summed E-state index contributed by atoms with van der Waals surface area (Å²) in [6.45, 7) is 0.161. The third-order valence-electron chi connectivity index (χ3n) is 6.89. The average molecular weight is 543 g/mol. The van der Waals surface area contributed by atoms with Crippen LogP contribution in [0.1, 0.15) is 22.3 Å². The van der Waals surface area contributed by atoms with Gasteiger partial charge in [-0.3, -0.25) is 0 Å². The Morgan fingerprint density at radius 1 is 0.525 bits per heavy atom. The van der Waals surface area contributed by atoms with E-state index in [0.717, 1.165) is 59.6 Å². The minimum atomic E-state index is 0.161. The highest BCUT2D eigenvalue weighted by Gasteiger charge is 2.22. The third kappa shape index (κ3) is 6.37. The molecule has 0 atom stereocenters. The summed E-state index contributed by atoms with van der Waals surface area (Å²) in [6.07, 6.45) is 3.28. The number of methoxy groups -OCH3 is 4. The number of aryl methyl sites for hydroxylation is 4. The molecule has 1 aliphatic rings. The minimum Gasteiger partial charge on any atom is -0.497 e. The second kappa shape index (κ2) is 12.6. The Morgan fingerprint density at radius 2 is 1.18 bits per heavy atom. The lowest BCUT2D eigenvalue weighted by Crippen LogP contribution is -1.97. The fraction of sp³-hybridized carbons (Fsp3) is 0.273. The van der Waals surface area contributed by atoms with Gasteiger partial charge in [-0.25, -0.2) is 0 Å². The molecule has 0 N–H and O–H groups in total. The number of benzene rings is 4. The average Bonchev–Trinajstić information content (AvgIpc) is 3.48. The van der Waals surface area contributed by atoms with Crippen molar-refractivity contribution in [3.8, 4) is 46.0 Å². The van der Waals surface area contributed by atoms with Crippen LogP contribution in [0.25, 0.3) is 0 Å². The summed E-state index contributed by atoms with van der Waals surface area (Å²) < 4.78 is 39.7. The standard InChI is InChI=1S/C33H34O7/c1-34-26-7-5-6-22(14-26)8-10-24-15-27(35-2)20-28(16-24)40-32-19-25(18-31-33(32)39-21-38-31)11-9-23-12-13-29(36-3)30(17-23)37-4/h5-7,12-20H,8-11,21H2,1-4H3. The molecule has 208 valence electrons. The Balaban J connectivity index is 1.34. The molecular formula is C33H34O7. The first-order valence-corrected chi connectivity index (χ1v) is 13.2. The lowest BCUT2D eigenvalue weighted by atomic mass is 10.0. The molecule has 0 aromatic heterocycles. The molecule has 0 saturated carbocycles. The Kier molecular flexibility index (Phi) is 8.50. The second-order valence-corrected chi connectivity index (χ2v) is 9.49. The van der Waals surface area contributed by atoms with E-state index in [1.165, 1.54) is 5.56 Å². The molecule has 4 aromatic rings. The van der Waals surface area contributed by atoms with Gasteiger partial charge in [-0.15, -0.1) is 0 Å². The van der Waals surface area contributed by atoms with Crippen LogP contribution in [-0.4, -0.2) is 35.2 Å². The highest BCUT2D eigenvalue weighted by Crippen LogP contribution is 2.44. The van der Waals surface area contributed by atoms with Crippen LogP contribution in [0, 0.1) is 0 Å². The van der Waals surface area contributed by atoms with Crippen LogP contribution in [0.4, 0.5) is 0 Å². The largest absolute Gasteiger partial charge is 0.497 e. The lowest BCUT2D eigenvalue weighted by Gasteiger charge is -2.14. The number of fused-ring (bicyclic) bond motifs is 1. The number of hydrogen-bond donors (Lipinski definition) is 0. The zero-order valence-corrected chi connectivity index (χ0v) is 23.3. The summed E-state index contributed by atoms with van der Waals surface area (Å²) in [5, 5.41) is 0. The molecule has 0 bridgehead atoms. The van der Waals surface area contributed by atoms with Crippen molar-refractivity contribution < 1.29 is 33.2 Å². The van der Waals surface area contributed by atoms with E-state index in [9.17, 15) is 0 Å². The molecule has 40 heavy (non-hydrogen) atoms. The first-order valence-electron chi connectivity index (χ1n) is 13.2. The van der Waals surface area contributed by atoms with Gasteiger partial charge in [0.2, 0.25) is 12.5 Å². The molecule has 0 amide bonds. The molecule has 0 aliphatic carbocycles. The van der Waals surface area contributed by atoms with E-state index < -0.39 is 0 Å². The summed E-state index contributed by atoms with van der Waals surface area (Å²) >= 11 is 0. The van der Waals surface area contributed by atoms with Gasteiger partial charge in [0.1, 0.15) is 17.2 Å². The van der Waals surface area contributed by atoms with E-state index >= 15 is 0 Å². The molecular weight excluding hydrogens is 508 g/mol. The van der Waals surface area contributed by atoms with E-state index in [-0.39, 0.29) is 6.79 Å². The maximum atomic E-state index is 6.41.